The van der Waals surface area contributed by atoms with Crippen LogP contribution in [-0.4, -0.2) is 30.8 Å². The second kappa shape index (κ2) is 8.86. The van der Waals surface area contributed by atoms with Gasteiger partial charge in [-0.1, -0.05) is 0 Å². The SMILES string of the molecule is CCN(C)/C=N/c1cc(C)c(C(=O)OCc2cc(F)c(F)c(F)c2F)cc1C. The summed E-state index contributed by atoms with van der Waals surface area (Å²) < 4.78 is 58.1. The predicted octanol–water partition coefficient (Wildman–Crippen LogP) is 4.83. The topological polar surface area (TPSA) is 41.9 Å². The van der Waals surface area contributed by atoms with E-state index >= 15 is 0 Å². The third-order valence-corrected chi connectivity index (χ3v) is 4.19. The Morgan fingerprint density at radius 1 is 1.07 bits per heavy atom. The first-order valence-electron chi connectivity index (χ1n) is 8.50. The zero-order valence-corrected chi connectivity index (χ0v) is 15.9. The molecule has 0 aliphatic carbocycles. The summed E-state index contributed by atoms with van der Waals surface area (Å²) in [6.07, 6.45) is 1.67. The minimum absolute atomic E-state index is 0.212. The van der Waals surface area contributed by atoms with Crippen molar-refractivity contribution >= 4 is 18.0 Å². The van der Waals surface area contributed by atoms with Crippen molar-refractivity contribution in [3.05, 3.63) is 63.7 Å². The van der Waals surface area contributed by atoms with E-state index in [1.54, 1.807) is 32.3 Å². The van der Waals surface area contributed by atoms with Gasteiger partial charge in [0.25, 0.3) is 0 Å². The molecule has 0 aliphatic rings. The van der Waals surface area contributed by atoms with Crippen molar-refractivity contribution in [2.45, 2.75) is 27.4 Å². The number of halogens is 4. The second-order valence-electron chi connectivity index (χ2n) is 6.31. The molecule has 150 valence electrons. The van der Waals surface area contributed by atoms with E-state index < -0.39 is 41.4 Å². The molecular formula is C20H20F4N2O2. The first-order chi connectivity index (χ1) is 13.1. The van der Waals surface area contributed by atoms with Crippen LogP contribution in [0.3, 0.4) is 0 Å². The Morgan fingerprint density at radius 3 is 2.39 bits per heavy atom. The number of benzene rings is 2. The fourth-order valence-electron chi connectivity index (χ4n) is 2.35. The van der Waals surface area contributed by atoms with Gasteiger partial charge in [-0.2, -0.15) is 0 Å². The monoisotopic (exact) mass is 396 g/mol. The van der Waals surface area contributed by atoms with Crippen molar-refractivity contribution in [3.8, 4) is 0 Å². The number of hydrogen-bond donors (Lipinski definition) is 0. The number of esters is 1. The number of hydrogen-bond acceptors (Lipinski definition) is 3. The van der Waals surface area contributed by atoms with E-state index in [-0.39, 0.29) is 5.56 Å². The summed E-state index contributed by atoms with van der Waals surface area (Å²) in [6, 6.07) is 3.73. The molecule has 2 aromatic carbocycles. The van der Waals surface area contributed by atoms with Crippen LogP contribution < -0.4 is 0 Å². The molecule has 0 saturated heterocycles. The Balaban J connectivity index is 2.19. The molecule has 2 rings (SSSR count). The predicted molar refractivity (Wildman–Crippen MR) is 97.8 cm³/mol. The maximum Gasteiger partial charge on any atom is 0.338 e. The molecular weight excluding hydrogens is 376 g/mol. The lowest BCUT2D eigenvalue weighted by Crippen LogP contribution is -2.14. The van der Waals surface area contributed by atoms with Crippen molar-refractivity contribution in [1.29, 1.82) is 0 Å². The molecule has 0 saturated carbocycles. The standard InChI is InChI=1S/C20H20F4N2O2/c1-5-26(4)10-25-16-7-11(2)14(6-12(16)3)20(27)28-9-13-8-15(21)18(23)19(24)17(13)22/h6-8,10H,5,9H2,1-4H3/b25-10+. The molecule has 0 heterocycles. The van der Waals surface area contributed by atoms with Gasteiger partial charge in [-0.05, 0) is 50.1 Å². The van der Waals surface area contributed by atoms with Crippen LogP contribution in [0.15, 0.2) is 23.2 Å². The zero-order chi connectivity index (χ0) is 21.0. The summed E-state index contributed by atoms with van der Waals surface area (Å²) in [6.45, 7) is 5.46. The van der Waals surface area contributed by atoms with Gasteiger partial charge in [-0.25, -0.2) is 27.3 Å². The van der Waals surface area contributed by atoms with Crippen molar-refractivity contribution in [3.63, 3.8) is 0 Å². The molecule has 8 heteroatoms. The van der Waals surface area contributed by atoms with Crippen LogP contribution in [0.25, 0.3) is 0 Å². The molecule has 0 N–H and O–H groups in total. The smallest absolute Gasteiger partial charge is 0.338 e. The molecule has 0 aliphatic heterocycles. The van der Waals surface area contributed by atoms with E-state index in [0.717, 1.165) is 6.54 Å². The molecule has 0 radical (unpaired) electrons. The Bertz CT molecular complexity index is 929. The van der Waals surface area contributed by atoms with Gasteiger partial charge in [0.2, 0.25) is 0 Å². The second-order valence-corrected chi connectivity index (χ2v) is 6.31. The highest BCUT2D eigenvalue weighted by molar-refractivity contribution is 5.92. The highest BCUT2D eigenvalue weighted by atomic mass is 19.2. The average molecular weight is 396 g/mol. The molecule has 2 aromatic rings. The molecule has 4 nitrogen and oxygen atoms in total. The zero-order valence-electron chi connectivity index (χ0n) is 15.9. The molecule has 28 heavy (non-hydrogen) atoms. The van der Waals surface area contributed by atoms with Gasteiger partial charge < -0.3 is 9.64 Å². The van der Waals surface area contributed by atoms with Crippen LogP contribution in [0.1, 0.15) is 34.0 Å². The number of aliphatic imine (C=N–C) groups is 1. The minimum atomic E-state index is -1.95. The van der Waals surface area contributed by atoms with Crippen molar-refractivity contribution in [1.82, 2.24) is 4.90 Å². The van der Waals surface area contributed by atoms with Crippen molar-refractivity contribution in [2.24, 2.45) is 4.99 Å². The van der Waals surface area contributed by atoms with E-state index in [1.807, 2.05) is 18.9 Å². The highest BCUT2D eigenvalue weighted by Gasteiger charge is 2.20. The van der Waals surface area contributed by atoms with Crippen LogP contribution in [-0.2, 0) is 11.3 Å². The first-order valence-corrected chi connectivity index (χ1v) is 8.50. The van der Waals surface area contributed by atoms with Gasteiger partial charge in [0.1, 0.15) is 6.61 Å². The minimum Gasteiger partial charge on any atom is -0.457 e. The number of carbonyl (C=O) groups excluding carboxylic acids is 1. The quantitative estimate of drug-likeness (QED) is 0.175. The van der Waals surface area contributed by atoms with Crippen LogP contribution in [0.5, 0.6) is 0 Å². The van der Waals surface area contributed by atoms with Gasteiger partial charge >= 0.3 is 5.97 Å². The number of aryl methyl sites for hydroxylation is 2. The molecule has 0 amide bonds. The van der Waals surface area contributed by atoms with E-state index in [9.17, 15) is 22.4 Å². The van der Waals surface area contributed by atoms with Crippen molar-refractivity contribution in [2.75, 3.05) is 13.6 Å². The summed E-state index contributed by atoms with van der Waals surface area (Å²) in [7, 11) is 1.87. The molecule has 0 atom stereocenters. The molecule has 0 unspecified atom stereocenters. The number of nitrogens with zero attached hydrogens (tertiary/aromatic N) is 2. The Hall–Kier alpha value is -2.90. The fraction of sp³-hybridized carbons (Fsp3) is 0.300. The first kappa shape index (κ1) is 21.4. The van der Waals surface area contributed by atoms with Gasteiger partial charge in [-0.3, -0.25) is 0 Å². The van der Waals surface area contributed by atoms with Gasteiger partial charge in [-0.15, -0.1) is 0 Å². The van der Waals surface area contributed by atoms with Crippen LogP contribution >= 0.6 is 0 Å². The van der Waals surface area contributed by atoms with E-state index in [2.05, 4.69) is 4.99 Å². The van der Waals surface area contributed by atoms with E-state index in [1.165, 1.54) is 0 Å². The maximum atomic E-state index is 13.7. The average Bonchev–Trinajstić information content (AvgIpc) is 2.67. The summed E-state index contributed by atoms with van der Waals surface area (Å²) in [5.74, 6) is -7.81. The van der Waals surface area contributed by atoms with Crippen LogP contribution in [0.2, 0.25) is 0 Å². The molecule has 0 spiro atoms. The lowest BCUT2D eigenvalue weighted by molar-refractivity contribution is 0.0466. The Morgan fingerprint density at radius 2 is 1.75 bits per heavy atom. The fourth-order valence-corrected chi connectivity index (χ4v) is 2.35. The molecule has 0 bridgehead atoms. The summed E-state index contributed by atoms with van der Waals surface area (Å²) in [4.78, 5) is 18.5. The van der Waals surface area contributed by atoms with E-state index in [0.29, 0.717) is 22.9 Å². The van der Waals surface area contributed by atoms with Crippen LogP contribution in [0, 0.1) is 37.1 Å². The van der Waals surface area contributed by atoms with Gasteiger partial charge in [0.15, 0.2) is 23.3 Å². The largest absolute Gasteiger partial charge is 0.457 e. The van der Waals surface area contributed by atoms with E-state index in [4.69, 9.17) is 4.74 Å². The third kappa shape index (κ3) is 4.68. The summed E-state index contributed by atoms with van der Waals surface area (Å²) in [5, 5.41) is 0. The number of carbonyl (C=O) groups is 1. The lowest BCUT2D eigenvalue weighted by Gasteiger charge is -2.12. The summed E-state index contributed by atoms with van der Waals surface area (Å²) >= 11 is 0. The Labute approximate surface area is 160 Å². The maximum absolute atomic E-state index is 13.7. The number of rotatable bonds is 6. The number of ether oxygens (including phenoxy) is 1. The highest BCUT2D eigenvalue weighted by Crippen LogP contribution is 2.25. The van der Waals surface area contributed by atoms with Gasteiger partial charge in [0, 0.05) is 19.2 Å². The third-order valence-electron chi connectivity index (χ3n) is 4.19. The van der Waals surface area contributed by atoms with Crippen LogP contribution in [0.4, 0.5) is 23.2 Å². The summed E-state index contributed by atoms with van der Waals surface area (Å²) in [5.41, 5.74) is 1.57. The normalized spacial score (nSPS) is 11.1. The lowest BCUT2D eigenvalue weighted by atomic mass is 10.0. The molecule has 0 fully saturated rings. The van der Waals surface area contributed by atoms with Crippen molar-refractivity contribution < 1.29 is 27.1 Å². The Kier molecular flexibility index (Phi) is 6.77. The van der Waals surface area contributed by atoms with Gasteiger partial charge in [0.05, 0.1) is 17.6 Å². The molecule has 0 aromatic heterocycles.